The minimum absolute atomic E-state index is 0.112. The fraction of sp³-hybridized carbons (Fsp3) is 0.467. The van der Waals surface area contributed by atoms with Crippen LogP contribution >= 0.6 is 0 Å². The Hall–Kier alpha value is -1.88. The van der Waals surface area contributed by atoms with Crippen LogP contribution in [0.2, 0.25) is 0 Å². The van der Waals surface area contributed by atoms with Gasteiger partial charge in [0.2, 0.25) is 5.91 Å². The number of oxazole rings is 1. The third-order valence-corrected chi connectivity index (χ3v) is 3.24. The van der Waals surface area contributed by atoms with Gasteiger partial charge in [0, 0.05) is 13.0 Å². The van der Waals surface area contributed by atoms with E-state index in [0.717, 1.165) is 23.1 Å². The molecule has 0 bridgehead atoms. The highest BCUT2D eigenvalue weighted by Crippen LogP contribution is 2.18. The van der Waals surface area contributed by atoms with Gasteiger partial charge in [0.25, 0.3) is 0 Å². The summed E-state index contributed by atoms with van der Waals surface area (Å²) in [6, 6.07) is 5.42. The van der Waals surface area contributed by atoms with Crippen LogP contribution in [0.3, 0.4) is 0 Å². The number of aryl methyl sites for hydroxylation is 1. The van der Waals surface area contributed by atoms with E-state index in [1.165, 1.54) is 0 Å². The highest BCUT2D eigenvalue weighted by molar-refractivity contribution is 5.81. The van der Waals surface area contributed by atoms with Crippen LogP contribution < -0.4 is 11.1 Å². The monoisotopic (exact) mass is 275 g/mol. The Bertz CT molecular complexity index is 592. The molecule has 1 unspecified atom stereocenters. The van der Waals surface area contributed by atoms with Crippen LogP contribution in [0.1, 0.15) is 31.2 Å². The van der Waals surface area contributed by atoms with Crippen LogP contribution in [-0.4, -0.2) is 23.5 Å². The van der Waals surface area contributed by atoms with Crippen LogP contribution in [0.4, 0.5) is 0 Å². The predicted octanol–water partition coefficient (Wildman–Crippen LogP) is 1.92. The smallest absolute Gasteiger partial charge is 0.236 e. The molecule has 0 aliphatic carbocycles. The molecule has 0 saturated heterocycles. The number of fused-ring (bicyclic) bond motifs is 1. The van der Waals surface area contributed by atoms with Gasteiger partial charge in [0.15, 0.2) is 11.5 Å². The lowest BCUT2D eigenvalue weighted by Gasteiger charge is -2.09. The van der Waals surface area contributed by atoms with Crippen molar-refractivity contribution in [2.24, 2.45) is 5.73 Å². The largest absolute Gasteiger partial charge is 0.441 e. The second kappa shape index (κ2) is 6.52. The molecular weight excluding hydrogens is 254 g/mol. The van der Waals surface area contributed by atoms with E-state index in [1.807, 2.05) is 32.0 Å². The fourth-order valence-corrected chi connectivity index (χ4v) is 2.10. The van der Waals surface area contributed by atoms with E-state index in [0.29, 0.717) is 25.3 Å². The van der Waals surface area contributed by atoms with Crippen LogP contribution in [-0.2, 0) is 11.2 Å². The topological polar surface area (TPSA) is 81.2 Å². The van der Waals surface area contributed by atoms with Crippen LogP contribution in [0.5, 0.6) is 0 Å². The lowest BCUT2D eigenvalue weighted by molar-refractivity contribution is -0.122. The molecule has 0 spiro atoms. The average Bonchev–Trinajstić information content (AvgIpc) is 2.83. The second-order valence-electron chi connectivity index (χ2n) is 4.97. The summed E-state index contributed by atoms with van der Waals surface area (Å²) in [4.78, 5) is 16.1. The number of benzene rings is 1. The van der Waals surface area contributed by atoms with Crippen molar-refractivity contribution in [1.82, 2.24) is 10.3 Å². The first-order chi connectivity index (χ1) is 9.61. The molecule has 2 aromatic rings. The Balaban J connectivity index is 1.90. The number of amides is 1. The summed E-state index contributed by atoms with van der Waals surface area (Å²) in [5.74, 6) is 0.526. The maximum atomic E-state index is 11.7. The lowest BCUT2D eigenvalue weighted by atomic mass is 10.2. The number of hydrogen-bond donors (Lipinski definition) is 2. The molecule has 0 fully saturated rings. The van der Waals surface area contributed by atoms with Crippen molar-refractivity contribution in [3.05, 3.63) is 29.7 Å². The first kappa shape index (κ1) is 14.5. The number of nitrogens with zero attached hydrogens (tertiary/aromatic N) is 1. The predicted molar refractivity (Wildman–Crippen MR) is 78.3 cm³/mol. The molecule has 1 aromatic carbocycles. The van der Waals surface area contributed by atoms with E-state index in [9.17, 15) is 4.79 Å². The Morgan fingerprint density at radius 1 is 1.50 bits per heavy atom. The molecule has 5 nitrogen and oxygen atoms in total. The third-order valence-electron chi connectivity index (χ3n) is 3.24. The third kappa shape index (κ3) is 3.36. The first-order valence-corrected chi connectivity index (χ1v) is 7.00. The van der Waals surface area contributed by atoms with Gasteiger partial charge >= 0.3 is 0 Å². The SMILES string of the molecule is CCCC(N)C(=O)NCCc1nc2c(C)cccc2o1. The molecule has 1 aromatic heterocycles. The summed E-state index contributed by atoms with van der Waals surface area (Å²) in [6.07, 6.45) is 2.17. The Morgan fingerprint density at radius 3 is 3.00 bits per heavy atom. The van der Waals surface area contributed by atoms with E-state index in [4.69, 9.17) is 10.2 Å². The molecule has 0 aliphatic heterocycles. The van der Waals surface area contributed by atoms with Gasteiger partial charge in [-0.05, 0) is 25.0 Å². The number of carbonyl (C=O) groups is 1. The van der Waals surface area contributed by atoms with Crippen LogP contribution in [0.25, 0.3) is 11.1 Å². The number of aromatic nitrogens is 1. The van der Waals surface area contributed by atoms with Crippen molar-refractivity contribution in [1.29, 1.82) is 0 Å². The Kier molecular flexibility index (Phi) is 4.74. The Labute approximate surface area is 118 Å². The minimum Gasteiger partial charge on any atom is -0.441 e. The highest BCUT2D eigenvalue weighted by Gasteiger charge is 2.12. The Morgan fingerprint density at radius 2 is 2.30 bits per heavy atom. The zero-order chi connectivity index (χ0) is 14.5. The van der Waals surface area contributed by atoms with Crippen LogP contribution in [0, 0.1) is 6.92 Å². The van der Waals surface area contributed by atoms with E-state index >= 15 is 0 Å². The van der Waals surface area contributed by atoms with Crippen molar-refractivity contribution in [3.63, 3.8) is 0 Å². The van der Waals surface area contributed by atoms with Crippen molar-refractivity contribution in [3.8, 4) is 0 Å². The van der Waals surface area contributed by atoms with Crippen molar-refractivity contribution >= 4 is 17.0 Å². The molecule has 1 atom stereocenters. The maximum Gasteiger partial charge on any atom is 0.236 e. The van der Waals surface area contributed by atoms with Gasteiger partial charge in [-0.15, -0.1) is 0 Å². The molecule has 0 saturated carbocycles. The molecular formula is C15H21N3O2. The van der Waals surface area contributed by atoms with Crippen LogP contribution in [0.15, 0.2) is 22.6 Å². The zero-order valence-corrected chi connectivity index (χ0v) is 12.0. The second-order valence-corrected chi connectivity index (χ2v) is 4.97. The maximum absolute atomic E-state index is 11.7. The van der Waals surface area contributed by atoms with Gasteiger partial charge in [-0.2, -0.15) is 0 Å². The quantitative estimate of drug-likeness (QED) is 0.844. The van der Waals surface area contributed by atoms with Gasteiger partial charge < -0.3 is 15.5 Å². The molecule has 2 rings (SSSR count). The van der Waals surface area contributed by atoms with Crippen molar-refractivity contribution in [2.75, 3.05) is 6.54 Å². The van der Waals surface area contributed by atoms with E-state index in [-0.39, 0.29) is 5.91 Å². The highest BCUT2D eigenvalue weighted by atomic mass is 16.3. The van der Waals surface area contributed by atoms with Gasteiger partial charge in [-0.3, -0.25) is 4.79 Å². The summed E-state index contributed by atoms with van der Waals surface area (Å²) in [6.45, 7) is 4.50. The number of nitrogens with one attached hydrogen (secondary N) is 1. The molecule has 1 heterocycles. The lowest BCUT2D eigenvalue weighted by Crippen LogP contribution is -2.41. The summed E-state index contributed by atoms with van der Waals surface area (Å²) in [5, 5.41) is 2.81. The van der Waals surface area contributed by atoms with Gasteiger partial charge in [0.05, 0.1) is 6.04 Å². The van der Waals surface area contributed by atoms with Crippen molar-refractivity contribution < 1.29 is 9.21 Å². The summed E-state index contributed by atoms with van der Waals surface area (Å²) < 4.78 is 5.64. The summed E-state index contributed by atoms with van der Waals surface area (Å²) in [5.41, 5.74) is 8.50. The fourth-order valence-electron chi connectivity index (χ4n) is 2.10. The molecule has 0 aliphatic rings. The number of rotatable bonds is 6. The molecule has 3 N–H and O–H groups in total. The van der Waals surface area contributed by atoms with E-state index in [2.05, 4.69) is 10.3 Å². The van der Waals surface area contributed by atoms with E-state index < -0.39 is 6.04 Å². The molecule has 0 radical (unpaired) electrons. The molecule has 1 amide bonds. The zero-order valence-electron chi connectivity index (χ0n) is 12.0. The molecule has 20 heavy (non-hydrogen) atoms. The first-order valence-electron chi connectivity index (χ1n) is 7.00. The van der Waals surface area contributed by atoms with Crippen molar-refractivity contribution in [2.45, 2.75) is 39.2 Å². The number of carbonyl (C=O) groups excluding carboxylic acids is 1. The van der Waals surface area contributed by atoms with Gasteiger partial charge in [-0.25, -0.2) is 4.98 Å². The molecule has 108 valence electrons. The number of nitrogens with two attached hydrogens (primary N) is 1. The van der Waals surface area contributed by atoms with E-state index in [1.54, 1.807) is 0 Å². The summed E-state index contributed by atoms with van der Waals surface area (Å²) in [7, 11) is 0. The summed E-state index contributed by atoms with van der Waals surface area (Å²) >= 11 is 0. The minimum atomic E-state index is -0.425. The van der Waals surface area contributed by atoms with Gasteiger partial charge in [-0.1, -0.05) is 25.5 Å². The average molecular weight is 275 g/mol. The molecule has 5 heteroatoms. The van der Waals surface area contributed by atoms with Gasteiger partial charge in [0.1, 0.15) is 5.52 Å². The standard InChI is InChI=1S/C15H21N3O2/c1-3-5-11(16)15(19)17-9-8-13-18-14-10(2)6-4-7-12(14)20-13/h4,6-7,11H,3,5,8-9,16H2,1-2H3,(H,17,19). The number of para-hydroxylation sites is 1. The normalized spacial score (nSPS) is 12.6. The number of hydrogen-bond acceptors (Lipinski definition) is 4.